The molecule has 108 valence electrons. The predicted molar refractivity (Wildman–Crippen MR) is 79.9 cm³/mol. The third-order valence-corrected chi connectivity index (χ3v) is 4.38. The van der Waals surface area contributed by atoms with Crippen LogP contribution in [0.2, 0.25) is 0 Å². The van der Waals surface area contributed by atoms with E-state index >= 15 is 0 Å². The predicted octanol–water partition coefficient (Wildman–Crippen LogP) is 0.653. The Morgan fingerprint density at radius 1 is 1.00 bits per heavy atom. The maximum Gasteiger partial charge on any atom is 1.00 e. The largest absolute Gasteiger partial charge is 1.00 e. The van der Waals surface area contributed by atoms with Crippen LogP contribution >= 0.6 is 0 Å². The Balaban J connectivity index is 0.00000220. The van der Waals surface area contributed by atoms with E-state index in [1.807, 2.05) is 31.2 Å². The van der Waals surface area contributed by atoms with Crippen molar-refractivity contribution in [1.82, 2.24) is 0 Å². The van der Waals surface area contributed by atoms with Gasteiger partial charge in [0.1, 0.15) is 10.1 Å². The van der Waals surface area contributed by atoms with E-state index in [1.54, 1.807) is 6.07 Å². The van der Waals surface area contributed by atoms with Gasteiger partial charge in [0.2, 0.25) is 0 Å². The van der Waals surface area contributed by atoms with Crippen LogP contribution in [0.5, 0.6) is 0 Å². The topological polar surface area (TPSA) is 57.2 Å². The molecule has 21 heavy (non-hydrogen) atoms. The number of rotatable bonds is 5. The van der Waals surface area contributed by atoms with E-state index in [4.69, 9.17) is 0 Å². The summed E-state index contributed by atoms with van der Waals surface area (Å²) in [6, 6.07) is 9.35. The molecule has 2 aromatic carbocycles. The van der Waals surface area contributed by atoms with Crippen molar-refractivity contribution in [3.8, 4) is 0 Å². The van der Waals surface area contributed by atoms with E-state index in [1.165, 1.54) is 0 Å². The molecule has 2 rings (SSSR count). The first-order valence-electron chi connectivity index (χ1n) is 6.97. The minimum Gasteiger partial charge on any atom is -0.744 e. The summed E-state index contributed by atoms with van der Waals surface area (Å²) < 4.78 is 34.5. The van der Waals surface area contributed by atoms with Gasteiger partial charge in [-0.2, -0.15) is 0 Å². The number of aryl methyl sites for hydroxylation is 2. The van der Waals surface area contributed by atoms with E-state index in [0.717, 1.165) is 35.6 Å². The zero-order valence-corrected chi connectivity index (χ0v) is 15.7. The summed E-state index contributed by atoms with van der Waals surface area (Å²) in [6.45, 7) is 4.05. The molecule has 0 aliphatic carbocycles. The van der Waals surface area contributed by atoms with Crippen LogP contribution in [0.4, 0.5) is 0 Å². The van der Waals surface area contributed by atoms with Crippen molar-refractivity contribution in [2.45, 2.75) is 44.4 Å². The van der Waals surface area contributed by atoms with Crippen LogP contribution in [0.1, 0.15) is 37.8 Å². The number of benzene rings is 2. The molecular weight excluding hydrogens is 295 g/mol. The summed E-state index contributed by atoms with van der Waals surface area (Å²) in [6.07, 6.45) is 3.27. The van der Waals surface area contributed by atoms with Gasteiger partial charge in [0.25, 0.3) is 0 Å². The fourth-order valence-corrected chi connectivity index (χ4v) is 3.35. The molecule has 0 radical (unpaired) electrons. The van der Waals surface area contributed by atoms with Crippen molar-refractivity contribution in [2.75, 3.05) is 0 Å². The third kappa shape index (κ3) is 4.30. The van der Waals surface area contributed by atoms with Gasteiger partial charge in [-0.05, 0) is 46.9 Å². The molecule has 2 aromatic rings. The Morgan fingerprint density at radius 3 is 2.19 bits per heavy atom. The van der Waals surface area contributed by atoms with Gasteiger partial charge in [-0.1, -0.05) is 44.9 Å². The third-order valence-electron chi connectivity index (χ3n) is 3.46. The average Bonchev–Trinajstić information content (AvgIpc) is 2.38. The summed E-state index contributed by atoms with van der Waals surface area (Å²) >= 11 is 0. The zero-order chi connectivity index (χ0) is 14.8. The molecule has 3 nitrogen and oxygen atoms in total. The summed E-state index contributed by atoms with van der Waals surface area (Å²) in [7, 11) is -4.43. The van der Waals surface area contributed by atoms with Crippen LogP contribution in [-0.2, 0) is 23.0 Å². The van der Waals surface area contributed by atoms with Crippen molar-refractivity contribution in [2.24, 2.45) is 0 Å². The second-order valence-corrected chi connectivity index (χ2v) is 6.40. The van der Waals surface area contributed by atoms with Crippen molar-refractivity contribution in [3.05, 3.63) is 41.5 Å². The first-order chi connectivity index (χ1) is 9.47. The summed E-state index contributed by atoms with van der Waals surface area (Å²) in [5.41, 5.74) is 1.72. The number of hydrogen-bond donors (Lipinski definition) is 0. The normalized spacial score (nSPS) is 11.4. The molecule has 0 amide bonds. The molecule has 0 N–H and O–H groups in total. The number of hydrogen-bond acceptors (Lipinski definition) is 3. The van der Waals surface area contributed by atoms with E-state index in [-0.39, 0.29) is 34.5 Å². The first-order valence-corrected chi connectivity index (χ1v) is 8.38. The van der Waals surface area contributed by atoms with Gasteiger partial charge in [0.05, 0.1) is 4.90 Å². The summed E-state index contributed by atoms with van der Waals surface area (Å²) in [4.78, 5) is -0.0598. The molecule has 5 heteroatoms. The molecule has 0 unspecified atom stereocenters. The fraction of sp³-hybridized carbons (Fsp3) is 0.375. The molecule has 0 aliphatic heterocycles. The van der Waals surface area contributed by atoms with Gasteiger partial charge in [-0.15, -0.1) is 0 Å². The van der Waals surface area contributed by atoms with Crippen LogP contribution in [0, 0.1) is 0 Å². The summed E-state index contributed by atoms with van der Waals surface area (Å²) in [5.74, 6) is 0. The Labute approximate surface area is 148 Å². The van der Waals surface area contributed by atoms with E-state index in [2.05, 4.69) is 6.92 Å². The quantitative estimate of drug-likeness (QED) is 0.601. The van der Waals surface area contributed by atoms with E-state index in [9.17, 15) is 13.0 Å². The fourth-order valence-electron chi connectivity index (χ4n) is 2.60. The maximum absolute atomic E-state index is 11.5. The van der Waals surface area contributed by atoms with Crippen molar-refractivity contribution in [1.29, 1.82) is 0 Å². The maximum atomic E-state index is 11.5. The minimum atomic E-state index is -4.43. The monoisotopic (exact) mass is 314 g/mol. The van der Waals surface area contributed by atoms with Crippen LogP contribution in [0.3, 0.4) is 0 Å². The Kier molecular flexibility index (Phi) is 6.88. The van der Waals surface area contributed by atoms with Gasteiger partial charge in [-0.3, -0.25) is 0 Å². The smallest absolute Gasteiger partial charge is 0.744 e. The van der Waals surface area contributed by atoms with Gasteiger partial charge in [-0.25, -0.2) is 8.42 Å². The van der Waals surface area contributed by atoms with Crippen LogP contribution < -0.4 is 29.6 Å². The molecular formula is C16H19NaO3S. The molecule has 0 bridgehead atoms. The van der Waals surface area contributed by atoms with Crippen molar-refractivity contribution in [3.63, 3.8) is 0 Å². The van der Waals surface area contributed by atoms with Crippen LogP contribution in [0.15, 0.2) is 35.2 Å². The Hall–Kier alpha value is -0.390. The van der Waals surface area contributed by atoms with Gasteiger partial charge in [0, 0.05) is 0 Å². The van der Waals surface area contributed by atoms with Gasteiger partial charge < -0.3 is 4.55 Å². The van der Waals surface area contributed by atoms with Gasteiger partial charge in [0.15, 0.2) is 0 Å². The molecule has 0 spiro atoms. The SMILES string of the molecule is CCCc1cc2cccc(CCC)c2cc1S(=O)(=O)[O-].[Na+]. The minimum absolute atomic E-state index is 0. The molecule has 0 atom stereocenters. The van der Waals surface area contributed by atoms with E-state index < -0.39 is 10.1 Å². The molecule has 0 aromatic heterocycles. The summed E-state index contributed by atoms with van der Waals surface area (Å²) in [5, 5.41) is 1.88. The van der Waals surface area contributed by atoms with Crippen molar-refractivity contribution < 1.29 is 42.5 Å². The Morgan fingerprint density at radius 2 is 1.62 bits per heavy atom. The molecule has 0 aliphatic rings. The van der Waals surface area contributed by atoms with Crippen molar-refractivity contribution >= 4 is 20.9 Å². The van der Waals surface area contributed by atoms with E-state index in [0.29, 0.717) is 12.0 Å². The zero-order valence-electron chi connectivity index (χ0n) is 12.8. The molecule has 0 fully saturated rings. The first kappa shape index (κ1) is 18.7. The molecule has 0 saturated heterocycles. The van der Waals surface area contributed by atoms with Crippen LogP contribution in [0.25, 0.3) is 10.8 Å². The van der Waals surface area contributed by atoms with Gasteiger partial charge >= 0.3 is 29.6 Å². The average molecular weight is 314 g/mol. The second-order valence-electron chi connectivity index (χ2n) is 5.05. The number of fused-ring (bicyclic) bond motifs is 1. The standard InChI is InChI=1S/C16H20O3S.Na/c1-3-6-12-8-5-9-13-10-14(7-4-2)16(11-15(12)13)20(17,18)19;/h5,8-11H,3-4,6-7H2,1-2H3,(H,17,18,19);/q;+1/p-1. The molecule has 0 heterocycles. The second kappa shape index (κ2) is 7.75. The molecule has 0 saturated carbocycles. The van der Waals surface area contributed by atoms with Crippen LogP contribution in [-0.4, -0.2) is 13.0 Å². The Bertz CT molecular complexity index is 724.